The molecule has 0 spiro atoms. The number of rotatable bonds is 5. The zero-order valence-electron chi connectivity index (χ0n) is 12.9. The van der Waals surface area contributed by atoms with Crippen LogP contribution in [0.5, 0.6) is 0 Å². The topological polar surface area (TPSA) is 47.3 Å². The molecule has 1 atom stereocenters. The van der Waals surface area contributed by atoms with Crippen LogP contribution in [-0.2, 0) is 11.3 Å². The predicted molar refractivity (Wildman–Crippen MR) is 90.7 cm³/mol. The maximum absolute atomic E-state index is 6.41. The summed E-state index contributed by atoms with van der Waals surface area (Å²) < 4.78 is 5.41. The lowest BCUT2D eigenvalue weighted by Gasteiger charge is -2.28. The second-order valence-electron chi connectivity index (χ2n) is 5.94. The van der Waals surface area contributed by atoms with Gasteiger partial charge in [0.25, 0.3) is 0 Å². The van der Waals surface area contributed by atoms with E-state index in [2.05, 4.69) is 53.8 Å². The molecule has 3 nitrogen and oxygen atoms in total. The third-order valence-electron chi connectivity index (χ3n) is 4.41. The number of nitrogens with two attached hydrogens (primary N) is 1. The second kappa shape index (κ2) is 7.43. The van der Waals surface area contributed by atoms with E-state index in [4.69, 9.17) is 10.5 Å². The molecule has 0 bridgehead atoms. The Morgan fingerprint density at radius 3 is 2.36 bits per heavy atom. The van der Waals surface area contributed by atoms with E-state index in [9.17, 15) is 0 Å². The average molecular weight is 296 g/mol. The minimum absolute atomic E-state index is 0.118. The van der Waals surface area contributed by atoms with Crippen LogP contribution >= 0.6 is 0 Å². The maximum Gasteiger partial charge on any atom is 0.0469 e. The fourth-order valence-corrected chi connectivity index (χ4v) is 2.97. The van der Waals surface area contributed by atoms with E-state index < -0.39 is 0 Å². The monoisotopic (exact) mass is 296 g/mol. The van der Waals surface area contributed by atoms with Crippen LogP contribution in [0, 0.1) is 5.92 Å². The van der Waals surface area contributed by atoms with Crippen LogP contribution in [0.2, 0.25) is 0 Å². The van der Waals surface area contributed by atoms with Crippen molar-refractivity contribution in [2.24, 2.45) is 11.7 Å². The van der Waals surface area contributed by atoms with Crippen LogP contribution in [0.25, 0.3) is 0 Å². The highest BCUT2D eigenvalue weighted by Crippen LogP contribution is 2.28. The first kappa shape index (κ1) is 15.1. The molecule has 116 valence electrons. The first-order valence-corrected chi connectivity index (χ1v) is 8.04. The molecule has 0 aliphatic carbocycles. The van der Waals surface area contributed by atoms with Gasteiger partial charge in [-0.1, -0.05) is 42.5 Å². The molecule has 0 amide bonds. The van der Waals surface area contributed by atoms with Gasteiger partial charge in [-0.15, -0.1) is 0 Å². The molecule has 3 heteroatoms. The van der Waals surface area contributed by atoms with Crippen LogP contribution < -0.4 is 11.1 Å². The minimum atomic E-state index is 0.118. The van der Waals surface area contributed by atoms with Gasteiger partial charge in [-0.2, -0.15) is 0 Å². The minimum Gasteiger partial charge on any atom is -0.381 e. The van der Waals surface area contributed by atoms with Gasteiger partial charge in [0, 0.05) is 31.5 Å². The lowest BCUT2D eigenvalue weighted by molar-refractivity contribution is 0.0584. The molecule has 3 rings (SSSR count). The van der Waals surface area contributed by atoms with E-state index in [1.165, 1.54) is 11.1 Å². The standard InChI is InChI=1S/C19H24N2O/c20-19(17-10-12-22-13-11-17)16-6-8-18(9-7-16)21-14-15-4-2-1-3-5-15/h1-9,17,19,21H,10-14,20H2/t19-/m1/s1. The van der Waals surface area contributed by atoms with Crippen molar-refractivity contribution in [3.8, 4) is 0 Å². The third-order valence-corrected chi connectivity index (χ3v) is 4.41. The summed E-state index contributed by atoms with van der Waals surface area (Å²) in [6.45, 7) is 2.52. The third kappa shape index (κ3) is 3.87. The summed E-state index contributed by atoms with van der Waals surface area (Å²) in [4.78, 5) is 0. The summed E-state index contributed by atoms with van der Waals surface area (Å²) in [5.74, 6) is 0.539. The van der Waals surface area contributed by atoms with E-state index in [0.29, 0.717) is 5.92 Å². The van der Waals surface area contributed by atoms with Crippen LogP contribution in [-0.4, -0.2) is 13.2 Å². The smallest absolute Gasteiger partial charge is 0.0469 e. The Labute approximate surface area is 132 Å². The Kier molecular flexibility index (Phi) is 5.09. The fraction of sp³-hybridized carbons (Fsp3) is 0.368. The largest absolute Gasteiger partial charge is 0.381 e. The van der Waals surface area contributed by atoms with Gasteiger partial charge in [-0.05, 0) is 42.0 Å². The Morgan fingerprint density at radius 1 is 1.00 bits per heavy atom. The summed E-state index contributed by atoms with van der Waals surface area (Å²) >= 11 is 0. The molecular formula is C19H24N2O. The number of ether oxygens (including phenoxy) is 1. The van der Waals surface area contributed by atoms with Gasteiger partial charge in [-0.3, -0.25) is 0 Å². The molecule has 3 N–H and O–H groups in total. The van der Waals surface area contributed by atoms with E-state index in [1.807, 2.05) is 6.07 Å². The SMILES string of the molecule is N[C@H](c1ccc(NCc2ccccc2)cc1)C1CCOCC1. The molecule has 1 fully saturated rings. The predicted octanol–water partition coefficient (Wildman–Crippen LogP) is 3.73. The zero-order valence-corrected chi connectivity index (χ0v) is 12.9. The van der Waals surface area contributed by atoms with Gasteiger partial charge < -0.3 is 15.8 Å². The quantitative estimate of drug-likeness (QED) is 0.884. The molecule has 1 heterocycles. The molecular weight excluding hydrogens is 272 g/mol. The zero-order chi connectivity index (χ0) is 15.2. The first-order chi connectivity index (χ1) is 10.8. The molecule has 0 radical (unpaired) electrons. The van der Waals surface area contributed by atoms with Crippen molar-refractivity contribution < 1.29 is 4.74 Å². The summed E-state index contributed by atoms with van der Waals surface area (Å²) in [6, 6.07) is 19.1. The van der Waals surface area contributed by atoms with Crippen molar-refractivity contribution in [2.75, 3.05) is 18.5 Å². The maximum atomic E-state index is 6.41. The number of hydrogen-bond donors (Lipinski definition) is 2. The van der Waals surface area contributed by atoms with E-state index in [1.54, 1.807) is 0 Å². The lowest BCUT2D eigenvalue weighted by Crippen LogP contribution is -2.27. The van der Waals surface area contributed by atoms with Crippen LogP contribution in [0.3, 0.4) is 0 Å². The van der Waals surface area contributed by atoms with Crippen molar-refractivity contribution in [1.29, 1.82) is 0 Å². The molecule has 1 aliphatic heterocycles. The summed E-state index contributed by atoms with van der Waals surface area (Å²) in [7, 11) is 0. The Hall–Kier alpha value is -1.84. The molecule has 22 heavy (non-hydrogen) atoms. The molecule has 0 saturated carbocycles. The van der Waals surface area contributed by atoms with E-state index in [-0.39, 0.29) is 6.04 Å². The average Bonchev–Trinajstić information content (AvgIpc) is 2.61. The highest BCUT2D eigenvalue weighted by Gasteiger charge is 2.22. The Bertz CT molecular complexity index is 562. The van der Waals surface area contributed by atoms with Crippen molar-refractivity contribution in [3.63, 3.8) is 0 Å². The van der Waals surface area contributed by atoms with Crippen LogP contribution in [0.15, 0.2) is 54.6 Å². The summed E-state index contributed by atoms with van der Waals surface area (Å²) in [5, 5.41) is 3.45. The van der Waals surface area contributed by atoms with E-state index in [0.717, 1.165) is 38.3 Å². The van der Waals surface area contributed by atoms with Gasteiger partial charge in [-0.25, -0.2) is 0 Å². The van der Waals surface area contributed by atoms with Crippen molar-refractivity contribution >= 4 is 5.69 Å². The molecule has 2 aromatic rings. The summed E-state index contributed by atoms with van der Waals surface area (Å²) in [5.41, 5.74) is 10.0. The fourth-order valence-electron chi connectivity index (χ4n) is 2.97. The normalized spacial score (nSPS) is 17.1. The first-order valence-electron chi connectivity index (χ1n) is 8.04. The Morgan fingerprint density at radius 2 is 1.68 bits per heavy atom. The number of benzene rings is 2. The number of anilines is 1. The van der Waals surface area contributed by atoms with Crippen molar-refractivity contribution in [1.82, 2.24) is 0 Å². The molecule has 1 saturated heterocycles. The highest BCUT2D eigenvalue weighted by atomic mass is 16.5. The molecule has 0 unspecified atom stereocenters. The van der Waals surface area contributed by atoms with E-state index >= 15 is 0 Å². The molecule has 1 aliphatic rings. The van der Waals surface area contributed by atoms with Crippen LogP contribution in [0.4, 0.5) is 5.69 Å². The van der Waals surface area contributed by atoms with Gasteiger partial charge in [0.2, 0.25) is 0 Å². The second-order valence-corrected chi connectivity index (χ2v) is 5.94. The van der Waals surface area contributed by atoms with Gasteiger partial charge in [0.15, 0.2) is 0 Å². The number of hydrogen-bond acceptors (Lipinski definition) is 3. The van der Waals surface area contributed by atoms with Gasteiger partial charge in [0.1, 0.15) is 0 Å². The Balaban J connectivity index is 1.57. The van der Waals surface area contributed by atoms with Crippen molar-refractivity contribution in [2.45, 2.75) is 25.4 Å². The molecule has 0 aromatic heterocycles. The molecule has 2 aromatic carbocycles. The lowest BCUT2D eigenvalue weighted by atomic mass is 9.88. The van der Waals surface area contributed by atoms with Gasteiger partial charge in [0.05, 0.1) is 0 Å². The number of nitrogens with one attached hydrogen (secondary N) is 1. The van der Waals surface area contributed by atoms with Crippen molar-refractivity contribution in [3.05, 3.63) is 65.7 Å². The summed E-state index contributed by atoms with van der Waals surface area (Å²) in [6.07, 6.45) is 2.13. The van der Waals surface area contributed by atoms with Gasteiger partial charge >= 0.3 is 0 Å². The van der Waals surface area contributed by atoms with Crippen LogP contribution in [0.1, 0.15) is 30.0 Å². The highest BCUT2D eigenvalue weighted by molar-refractivity contribution is 5.45.